The predicted molar refractivity (Wildman–Crippen MR) is 118 cm³/mol. The minimum atomic E-state index is -0.129. The molecule has 0 aromatic heterocycles. The van der Waals surface area contributed by atoms with Crippen molar-refractivity contribution >= 4 is 5.96 Å². The molecule has 2 aromatic carbocycles. The number of benzene rings is 2. The molecule has 2 rings (SSSR count). The highest BCUT2D eigenvalue weighted by Crippen LogP contribution is 2.32. The number of methoxy groups -OCH3 is 3. The third kappa shape index (κ3) is 6.31. The Morgan fingerprint density at radius 1 is 0.897 bits per heavy atom. The second-order valence-electron chi connectivity index (χ2n) is 7.35. The van der Waals surface area contributed by atoms with Gasteiger partial charge in [-0.15, -0.1) is 0 Å². The molecule has 0 spiro atoms. The molecule has 0 saturated heterocycles. The summed E-state index contributed by atoms with van der Waals surface area (Å²) in [6.07, 6.45) is 0. The Labute approximate surface area is 174 Å². The number of aliphatic imine (C=N–C) groups is 1. The van der Waals surface area contributed by atoms with Crippen molar-refractivity contribution in [1.82, 2.24) is 10.6 Å². The second-order valence-corrected chi connectivity index (χ2v) is 7.35. The average molecular weight is 400 g/mol. The minimum absolute atomic E-state index is 0.129. The molecule has 0 saturated carbocycles. The molecule has 0 amide bonds. The molecular weight excluding hydrogens is 366 g/mol. The SMILES string of the molecule is CCNC(=NCc1ccc(OC)cc1)NCC(C)(C)c1ccc(OC)c(OC)c1. The van der Waals surface area contributed by atoms with Gasteiger partial charge in [-0.2, -0.15) is 0 Å². The third-order valence-corrected chi connectivity index (χ3v) is 4.79. The summed E-state index contributed by atoms with van der Waals surface area (Å²) >= 11 is 0. The van der Waals surface area contributed by atoms with Crippen LogP contribution in [0.5, 0.6) is 17.2 Å². The number of hydrogen-bond acceptors (Lipinski definition) is 4. The average Bonchev–Trinajstić information content (AvgIpc) is 2.75. The molecule has 6 heteroatoms. The highest BCUT2D eigenvalue weighted by atomic mass is 16.5. The van der Waals surface area contributed by atoms with Gasteiger partial charge in [0.25, 0.3) is 0 Å². The lowest BCUT2D eigenvalue weighted by atomic mass is 9.84. The molecule has 158 valence electrons. The number of nitrogens with one attached hydrogen (secondary N) is 2. The Morgan fingerprint density at radius 2 is 1.59 bits per heavy atom. The molecule has 2 aromatic rings. The fourth-order valence-corrected chi connectivity index (χ4v) is 2.91. The molecule has 0 heterocycles. The van der Waals surface area contributed by atoms with Crippen molar-refractivity contribution in [2.24, 2.45) is 4.99 Å². The van der Waals surface area contributed by atoms with Crippen LogP contribution >= 0.6 is 0 Å². The largest absolute Gasteiger partial charge is 0.497 e. The van der Waals surface area contributed by atoms with E-state index in [2.05, 4.69) is 37.5 Å². The van der Waals surface area contributed by atoms with Gasteiger partial charge in [-0.1, -0.05) is 32.0 Å². The minimum Gasteiger partial charge on any atom is -0.497 e. The predicted octanol–water partition coefficient (Wildman–Crippen LogP) is 3.75. The molecule has 0 radical (unpaired) electrons. The molecule has 0 unspecified atom stereocenters. The van der Waals surface area contributed by atoms with E-state index in [0.717, 1.165) is 47.4 Å². The van der Waals surface area contributed by atoms with Crippen LogP contribution in [0.4, 0.5) is 0 Å². The monoisotopic (exact) mass is 399 g/mol. The Kier molecular flexibility index (Phi) is 8.19. The molecule has 29 heavy (non-hydrogen) atoms. The highest BCUT2D eigenvalue weighted by Gasteiger charge is 2.22. The van der Waals surface area contributed by atoms with Gasteiger partial charge in [-0.3, -0.25) is 0 Å². The molecule has 0 bridgehead atoms. The zero-order valence-electron chi connectivity index (χ0n) is 18.3. The maximum Gasteiger partial charge on any atom is 0.191 e. The number of nitrogens with zero attached hydrogens (tertiary/aromatic N) is 1. The molecule has 0 aliphatic rings. The molecular formula is C23H33N3O3. The van der Waals surface area contributed by atoms with Gasteiger partial charge in [0.2, 0.25) is 0 Å². The van der Waals surface area contributed by atoms with Crippen molar-refractivity contribution in [3.05, 3.63) is 53.6 Å². The van der Waals surface area contributed by atoms with E-state index in [1.165, 1.54) is 0 Å². The summed E-state index contributed by atoms with van der Waals surface area (Å²) in [6.45, 7) is 8.55. The lowest BCUT2D eigenvalue weighted by molar-refractivity contribution is 0.353. The van der Waals surface area contributed by atoms with E-state index in [1.54, 1.807) is 21.3 Å². The van der Waals surface area contributed by atoms with Crippen LogP contribution in [0.1, 0.15) is 31.9 Å². The van der Waals surface area contributed by atoms with Crippen LogP contribution in [0.3, 0.4) is 0 Å². The van der Waals surface area contributed by atoms with Crippen molar-refractivity contribution in [3.8, 4) is 17.2 Å². The fourth-order valence-electron chi connectivity index (χ4n) is 2.91. The maximum absolute atomic E-state index is 5.45. The first-order valence-corrected chi connectivity index (χ1v) is 9.81. The Bertz CT molecular complexity index is 802. The van der Waals surface area contributed by atoms with Crippen LogP contribution in [-0.4, -0.2) is 40.4 Å². The molecule has 2 N–H and O–H groups in total. The number of hydrogen-bond donors (Lipinski definition) is 2. The van der Waals surface area contributed by atoms with Crippen LogP contribution in [0.15, 0.2) is 47.5 Å². The molecule has 0 fully saturated rings. The standard InChI is InChI=1S/C23H33N3O3/c1-7-24-22(25-15-17-8-11-19(27-4)12-9-17)26-16-23(2,3)18-10-13-20(28-5)21(14-18)29-6/h8-14H,7,15-16H2,1-6H3,(H2,24,25,26). The van der Waals surface area contributed by atoms with Crippen molar-refractivity contribution in [3.63, 3.8) is 0 Å². The Hall–Kier alpha value is -2.89. The highest BCUT2D eigenvalue weighted by molar-refractivity contribution is 5.79. The van der Waals surface area contributed by atoms with Crippen molar-refractivity contribution in [2.75, 3.05) is 34.4 Å². The quantitative estimate of drug-likeness (QED) is 0.497. The van der Waals surface area contributed by atoms with E-state index in [1.807, 2.05) is 36.4 Å². The summed E-state index contributed by atoms with van der Waals surface area (Å²) in [5, 5.41) is 6.77. The molecule has 0 aliphatic heterocycles. The van der Waals surface area contributed by atoms with Gasteiger partial charge in [0.05, 0.1) is 27.9 Å². The van der Waals surface area contributed by atoms with Gasteiger partial charge in [-0.05, 0) is 42.3 Å². The molecule has 0 atom stereocenters. The van der Waals surface area contributed by atoms with Gasteiger partial charge in [0.15, 0.2) is 17.5 Å². The van der Waals surface area contributed by atoms with Crippen molar-refractivity contribution in [1.29, 1.82) is 0 Å². The van der Waals surface area contributed by atoms with Crippen LogP contribution in [0.2, 0.25) is 0 Å². The van der Waals surface area contributed by atoms with Crippen molar-refractivity contribution < 1.29 is 14.2 Å². The van der Waals surface area contributed by atoms with E-state index in [-0.39, 0.29) is 5.41 Å². The van der Waals surface area contributed by atoms with E-state index < -0.39 is 0 Å². The summed E-state index contributed by atoms with van der Waals surface area (Å²) in [5.74, 6) is 3.10. The smallest absolute Gasteiger partial charge is 0.191 e. The normalized spacial score (nSPS) is 11.7. The summed E-state index contributed by atoms with van der Waals surface area (Å²) in [4.78, 5) is 4.71. The number of guanidine groups is 1. The summed E-state index contributed by atoms with van der Waals surface area (Å²) in [6, 6.07) is 14.0. The van der Waals surface area contributed by atoms with Crippen LogP contribution in [-0.2, 0) is 12.0 Å². The summed E-state index contributed by atoms with van der Waals surface area (Å²) in [5.41, 5.74) is 2.16. The lowest BCUT2D eigenvalue weighted by Gasteiger charge is -2.27. The lowest BCUT2D eigenvalue weighted by Crippen LogP contribution is -2.43. The zero-order valence-corrected chi connectivity index (χ0v) is 18.3. The zero-order chi connectivity index (χ0) is 21.3. The van der Waals surface area contributed by atoms with E-state index in [4.69, 9.17) is 19.2 Å². The van der Waals surface area contributed by atoms with E-state index >= 15 is 0 Å². The topological polar surface area (TPSA) is 64.1 Å². The summed E-state index contributed by atoms with van der Waals surface area (Å²) in [7, 11) is 4.97. The van der Waals surface area contributed by atoms with Gasteiger partial charge in [-0.25, -0.2) is 4.99 Å². The maximum atomic E-state index is 5.45. The third-order valence-electron chi connectivity index (χ3n) is 4.79. The van der Waals surface area contributed by atoms with E-state index in [9.17, 15) is 0 Å². The van der Waals surface area contributed by atoms with Crippen LogP contribution in [0, 0.1) is 0 Å². The van der Waals surface area contributed by atoms with Gasteiger partial charge in [0.1, 0.15) is 5.75 Å². The van der Waals surface area contributed by atoms with Crippen LogP contribution in [0.25, 0.3) is 0 Å². The first kappa shape index (κ1) is 22.4. The number of rotatable bonds is 9. The fraction of sp³-hybridized carbons (Fsp3) is 0.435. The Morgan fingerprint density at radius 3 is 2.17 bits per heavy atom. The first-order valence-electron chi connectivity index (χ1n) is 9.81. The van der Waals surface area contributed by atoms with Crippen molar-refractivity contribution in [2.45, 2.75) is 32.7 Å². The van der Waals surface area contributed by atoms with Crippen LogP contribution < -0.4 is 24.8 Å². The van der Waals surface area contributed by atoms with Gasteiger partial charge >= 0.3 is 0 Å². The van der Waals surface area contributed by atoms with E-state index in [0.29, 0.717) is 6.54 Å². The summed E-state index contributed by atoms with van der Waals surface area (Å²) < 4.78 is 16.0. The number of ether oxygens (including phenoxy) is 3. The van der Waals surface area contributed by atoms with Gasteiger partial charge < -0.3 is 24.8 Å². The molecule has 6 nitrogen and oxygen atoms in total. The Balaban J connectivity index is 2.07. The second kappa shape index (κ2) is 10.6. The first-order chi connectivity index (χ1) is 13.9. The molecule has 0 aliphatic carbocycles. The van der Waals surface area contributed by atoms with Gasteiger partial charge in [0, 0.05) is 18.5 Å².